The van der Waals surface area contributed by atoms with Crippen LogP contribution in [0, 0.1) is 6.92 Å². The zero-order chi connectivity index (χ0) is 31.4. The Morgan fingerprint density at radius 3 is 2.42 bits per heavy atom. The van der Waals surface area contributed by atoms with Gasteiger partial charge in [0, 0.05) is 52.7 Å². The van der Waals surface area contributed by atoms with Crippen molar-refractivity contribution in [1.82, 2.24) is 29.7 Å². The first-order valence-corrected chi connectivity index (χ1v) is 14.5. The maximum atomic E-state index is 13.4. The highest BCUT2D eigenvalue weighted by molar-refractivity contribution is 6.07. The van der Waals surface area contributed by atoms with Crippen molar-refractivity contribution in [1.29, 1.82) is 0 Å². The molecule has 0 aliphatic heterocycles. The molecular formula is C34H33N9O2. The third kappa shape index (κ3) is 6.88. The van der Waals surface area contributed by atoms with Gasteiger partial charge in [-0.05, 0) is 48.9 Å². The first-order valence-electron chi connectivity index (χ1n) is 14.5. The lowest BCUT2D eigenvalue weighted by atomic mass is 9.92. The number of carbonyl (C=O) groups is 1. The van der Waals surface area contributed by atoms with Crippen molar-refractivity contribution in [2.75, 3.05) is 16.0 Å². The fourth-order valence-corrected chi connectivity index (χ4v) is 4.76. The molecule has 6 rings (SSSR count). The molecule has 4 heterocycles. The van der Waals surface area contributed by atoms with E-state index in [0.717, 1.165) is 33.4 Å². The van der Waals surface area contributed by atoms with Gasteiger partial charge >= 0.3 is 6.03 Å². The van der Waals surface area contributed by atoms with Gasteiger partial charge in [-0.25, -0.2) is 19.4 Å². The molecule has 226 valence electrons. The van der Waals surface area contributed by atoms with Crippen molar-refractivity contribution in [3.8, 4) is 11.4 Å². The van der Waals surface area contributed by atoms with Crippen molar-refractivity contribution in [3.63, 3.8) is 0 Å². The molecule has 4 aromatic heterocycles. The van der Waals surface area contributed by atoms with Crippen LogP contribution in [0.15, 0.2) is 97.7 Å². The van der Waals surface area contributed by atoms with Gasteiger partial charge in [0.25, 0.3) is 0 Å². The van der Waals surface area contributed by atoms with Gasteiger partial charge in [-0.2, -0.15) is 5.10 Å². The lowest BCUT2D eigenvalue weighted by molar-refractivity contribution is 0.262. The number of aromatic nitrogens is 6. The minimum Gasteiger partial charge on any atom is -0.488 e. The third-order valence-corrected chi connectivity index (χ3v) is 7.01. The van der Waals surface area contributed by atoms with E-state index in [1.807, 2.05) is 73.7 Å². The van der Waals surface area contributed by atoms with Crippen molar-refractivity contribution >= 4 is 39.9 Å². The number of amides is 2. The largest absolute Gasteiger partial charge is 0.488 e. The Balaban J connectivity index is 1.20. The number of anilines is 4. The summed E-state index contributed by atoms with van der Waals surface area (Å²) in [6.07, 6.45) is 8.31. The molecule has 45 heavy (non-hydrogen) atoms. The number of carbonyl (C=O) groups excluding carboxylic acids is 1. The van der Waals surface area contributed by atoms with E-state index < -0.39 is 0 Å². The first-order chi connectivity index (χ1) is 21.7. The number of pyridine rings is 2. The number of urea groups is 1. The van der Waals surface area contributed by atoms with E-state index in [1.165, 1.54) is 0 Å². The number of rotatable bonds is 8. The quantitative estimate of drug-likeness (QED) is 0.168. The molecule has 3 N–H and O–H groups in total. The molecule has 0 radical (unpaired) electrons. The highest BCUT2D eigenvalue weighted by Gasteiger charge is 2.22. The monoisotopic (exact) mass is 599 g/mol. The highest BCUT2D eigenvalue weighted by atomic mass is 16.5. The molecule has 2 amide bonds. The molecule has 11 heteroatoms. The standard InChI is InChI=1S/C34H33N9O2/c1-22-17-24(12-14-36-22)43-32(19-29(42-43)34(2,3)4)41-33(44)39-27-9-10-28(26-8-6-5-7-25(26)27)45-21-23-11-13-37-30(18-23)40-31-20-35-15-16-38-31/h5-20H,21H2,1-4H3,(H,37,38,40)(H2,39,41,44). The molecule has 0 atom stereocenters. The lowest BCUT2D eigenvalue weighted by Gasteiger charge is -2.15. The molecule has 0 aliphatic rings. The summed E-state index contributed by atoms with van der Waals surface area (Å²) in [6.45, 7) is 8.50. The summed E-state index contributed by atoms with van der Waals surface area (Å²) in [5, 5.41) is 15.7. The summed E-state index contributed by atoms with van der Waals surface area (Å²) in [6, 6.07) is 20.6. The van der Waals surface area contributed by atoms with Crippen LogP contribution in [-0.4, -0.2) is 35.7 Å². The van der Waals surface area contributed by atoms with Crippen LogP contribution in [-0.2, 0) is 12.0 Å². The number of hydrogen-bond acceptors (Lipinski definition) is 8. The van der Waals surface area contributed by atoms with Crippen molar-refractivity contribution in [2.24, 2.45) is 0 Å². The number of ether oxygens (including phenoxy) is 1. The van der Waals surface area contributed by atoms with E-state index in [-0.39, 0.29) is 11.4 Å². The number of nitrogens with zero attached hydrogens (tertiary/aromatic N) is 6. The summed E-state index contributed by atoms with van der Waals surface area (Å²) < 4.78 is 7.98. The Bertz CT molecular complexity index is 1970. The molecule has 2 aromatic carbocycles. The molecule has 0 unspecified atom stereocenters. The molecule has 0 bridgehead atoms. The second-order valence-electron chi connectivity index (χ2n) is 11.5. The van der Waals surface area contributed by atoms with Gasteiger partial charge < -0.3 is 15.4 Å². The van der Waals surface area contributed by atoms with Crippen molar-refractivity contribution in [2.45, 2.75) is 39.7 Å². The van der Waals surface area contributed by atoms with Gasteiger partial charge in [0.2, 0.25) is 0 Å². The zero-order valence-corrected chi connectivity index (χ0v) is 25.4. The van der Waals surface area contributed by atoms with Crippen LogP contribution in [0.1, 0.15) is 37.7 Å². The number of benzene rings is 2. The fourth-order valence-electron chi connectivity index (χ4n) is 4.76. The van der Waals surface area contributed by atoms with E-state index in [4.69, 9.17) is 9.84 Å². The summed E-state index contributed by atoms with van der Waals surface area (Å²) in [7, 11) is 0. The van der Waals surface area contributed by atoms with Crippen LogP contribution in [0.4, 0.5) is 27.9 Å². The molecule has 0 spiro atoms. The van der Waals surface area contributed by atoms with Crippen molar-refractivity contribution < 1.29 is 9.53 Å². The smallest absolute Gasteiger partial charge is 0.324 e. The third-order valence-electron chi connectivity index (χ3n) is 7.01. The summed E-state index contributed by atoms with van der Waals surface area (Å²) in [5.74, 6) is 2.49. The molecule has 0 fully saturated rings. The van der Waals surface area contributed by atoms with E-state index in [0.29, 0.717) is 35.5 Å². The van der Waals surface area contributed by atoms with Crippen LogP contribution in [0.2, 0.25) is 0 Å². The van der Waals surface area contributed by atoms with Gasteiger partial charge in [0.15, 0.2) is 0 Å². The summed E-state index contributed by atoms with van der Waals surface area (Å²) in [5.41, 5.74) is 3.88. The van der Waals surface area contributed by atoms with Crippen LogP contribution in [0.25, 0.3) is 16.5 Å². The predicted octanol–water partition coefficient (Wildman–Crippen LogP) is 7.18. The SMILES string of the molecule is Cc1cc(-n2nc(C(C)(C)C)cc2NC(=O)Nc2ccc(OCc3ccnc(Nc4cnccn4)c3)c3ccccc23)ccn1. The average Bonchev–Trinajstić information content (AvgIpc) is 3.46. The average molecular weight is 600 g/mol. The Morgan fingerprint density at radius 2 is 1.64 bits per heavy atom. The normalized spacial score (nSPS) is 11.3. The fraction of sp³-hybridized carbons (Fsp3) is 0.176. The Kier molecular flexibility index (Phi) is 8.06. The lowest BCUT2D eigenvalue weighted by Crippen LogP contribution is -2.21. The Labute approximate surface area is 260 Å². The molecule has 0 aliphatic carbocycles. The Hall–Kier alpha value is -5.84. The topological polar surface area (TPSA) is 132 Å². The number of aryl methyl sites for hydroxylation is 1. The van der Waals surface area contributed by atoms with Gasteiger partial charge in [0.05, 0.1) is 23.3 Å². The highest BCUT2D eigenvalue weighted by Crippen LogP contribution is 2.33. The second kappa shape index (κ2) is 12.4. The van der Waals surface area contributed by atoms with E-state index in [2.05, 4.69) is 56.7 Å². The van der Waals surface area contributed by atoms with Crippen LogP contribution < -0.4 is 20.7 Å². The number of fused-ring (bicyclic) bond motifs is 1. The molecule has 11 nitrogen and oxygen atoms in total. The van der Waals surface area contributed by atoms with E-state index >= 15 is 0 Å². The van der Waals surface area contributed by atoms with Gasteiger partial charge in [-0.15, -0.1) is 0 Å². The Morgan fingerprint density at radius 1 is 0.844 bits per heavy atom. The van der Waals surface area contributed by atoms with Gasteiger partial charge in [-0.3, -0.25) is 15.3 Å². The van der Waals surface area contributed by atoms with Crippen LogP contribution >= 0.6 is 0 Å². The van der Waals surface area contributed by atoms with E-state index in [1.54, 1.807) is 35.7 Å². The minimum absolute atomic E-state index is 0.211. The molecule has 0 saturated heterocycles. The first kappa shape index (κ1) is 29.2. The van der Waals surface area contributed by atoms with Crippen LogP contribution in [0.5, 0.6) is 5.75 Å². The maximum absolute atomic E-state index is 13.4. The number of nitrogens with one attached hydrogen (secondary N) is 3. The molecular weight excluding hydrogens is 566 g/mol. The second-order valence-corrected chi connectivity index (χ2v) is 11.5. The zero-order valence-electron chi connectivity index (χ0n) is 25.4. The summed E-state index contributed by atoms with van der Waals surface area (Å²) >= 11 is 0. The molecule has 6 aromatic rings. The number of hydrogen-bond donors (Lipinski definition) is 3. The van der Waals surface area contributed by atoms with E-state index in [9.17, 15) is 4.79 Å². The van der Waals surface area contributed by atoms with Gasteiger partial charge in [-0.1, -0.05) is 45.0 Å². The van der Waals surface area contributed by atoms with Gasteiger partial charge in [0.1, 0.15) is 29.8 Å². The molecule has 0 saturated carbocycles. The minimum atomic E-state index is -0.388. The predicted molar refractivity (Wildman–Crippen MR) is 175 cm³/mol. The van der Waals surface area contributed by atoms with Crippen molar-refractivity contribution in [3.05, 3.63) is 115 Å². The van der Waals surface area contributed by atoms with Crippen LogP contribution in [0.3, 0.4) is 0 Å². The maximum Gasteiger partial charge on any atom is 0.324 e. The summed E-state index contributed by atoms with van der Waals surface area (Å²) in [4.78, 5) is 30.3.